The molecule has 0 saturated heterocycles. The second kappa shape index (κ2) is 9.75. The van der Waals surface area contributed by atoms with Crippen molar-refractivity contribution in [1.82, 2.24) is 4.31 Å². The number of benzene rings is 1. The van der Waals surface area contributed by atoms with Crippen LogP contribution in [0.4, 0.5) is 13.2 Å². The Morgan fingerprint density at radius 3 is 2.60 bits per heavy atom. The standard InChI is InChI=1S/C15H21F3N2O2S3/c1-2-24-8-4-7-20(10-14(19)23)25(21,22)11-12-5-3-6-13(9-12)15(16,17)18/h3,5-6,9H,2,4,7-8,10-11H2,1H3,(H2,19,23). The highest BCUT2D eigenvalue weighted by molar-refractivity contribution is 7.99. The summed E-state index contributed by atoms with van der Waals surface area (Å²) >= 11 is 6.47. The summed E-state index contributed by atoms with van der Waals surface area (Å²) in [6.45, 7) is 2.11. The quantitative estimate of drug-likeness (QED) is 0.470. The van der Waals surface area contributed by atoms with Crippen molar-refractivity contribution in [3.63, 3.8) is 0 Å². The minimum Gasteiger partial charge on any atom is -0.392 e. The predicted molar refractivity (Wildman–Crippen MR) is 100 cm³/mol. The van der Waals surface area contributed by atoms with Gasteiger partial charge in [-0.3, -0.25) is 0 Å². The highest BCUT2D eigenvalue weighted by Gasteiger charge is 2.31. The second-order valence-electron chi connectivity index (χ2n) is 5.30. The van der Waals surface area contributed by atoms with Gasteiger partial charge in [-0.15, -0.1) is 0 Å². The average molecular weight is 415 g/mol. The minimum absolute atomic E-state index is 0.0239. The van der Waals surface area contributed by atoms with E-state index >= 15 is 0 Å². The van der Waals surface area contributed by atoms with Gasteiger partial charge in [-0.25, -0.2) is 8.42 Å². The Bertz CT molecular complexity index is 679. The molecule has 2 N–H and O–H groups in total. The van der Waals surface area contributed by atoms with Gasteiger partial charge in [0.1, 0.15) is 0 Å². The van der Waals surface area contributed by atoms with E-state index in [-0.39, 0.29) is 23.6 Å². The molecule has 0 bridgehead atoms. The number of nitrogens with two attached hydrogens (primary N) is 1. The highest BCUT2D eigenvalue weighted by Crippen LogP contribution is 2.30. The van der Waals surface area contributed by atoms with Crippen LogP contribution in [0.5, 0.6) is 0 Å². The maximum absolute atomic E-state index is 12.8. The smallest absolute Gasteiger partial charge is 0.392 e. The van der Waals surface area contributed by atoms with E-state index in [0.29, 0.717) is 6.42 Å². The van der Waals surface area contributed by atoms with Crippen LogP contribution in [-0.4, -0.2) is 42.3 Å². The third kappa shape index (κ3) is 7.93. The number of nitrogens with zero attached hydrogens (tertiary/aromatic N) is 1. The number of alkyl halides is 3. The zero-order valence-electron chi connectivity index (χ0n) is 13.8. The van der Waals surface area contributed by atoms with E-state index in [1.807, 2.05) is 6.92 Å². The number of hydrogen-bond acceptors (Lipinski definition) is 4. The van der Waals surface area contributed by atoms with E-state index < -0.39 is 27.5 Å². The first kappa shape index (κ1) is 22.2. The molecule has 0 fully saturated rings. The van der Waals surface area contributed by atoms with Crippen molar-refractivity contribution in [1.29, 1.82) is 0 Å². The summed E-state index contributed by atoms with van der Waals surface area (Å²) in [7, 11) is -3.83. The molecule has 0 spiro atoms. The molecular formula is C15H21F3N2O2S3. The fourth-order valence-corrected chi connectivity index (χ4v) is 4.50. The van der Waals surface area contributed by atoms with E-state index in [0.717, 1.165) is 27.9 Å². The van der Waals surface area contributed by atoms with Crippen LogP contribution in [0.3, 0.4) is 0 Å². The topological polar surface area (TPSA) is 63.4 Å². The zero-order chi connectivity index (χ0) is 19.1. The van der Waals surface area contributed by atoms with Gasteiger partial charge < -0.3 is 5.73 Å². The van der Waals surface area contributed by atoms with Gasteiger partial charge in [-0.1, -0.05) is 37.3 Å². The van der Waals surface area contributed by atoms with Gasteiger partial charge in [0.25, 0.3) is 0 Å². The number of thiocarbonyl (C=S) groups is 1. The summed E-state index contributed by atoms with van der Waals surface area (Å²) in [4.78, 5) is 0.0239. The number of thioether (sulfide) groups is 1. The van der Waals surface area contributed by atoms with Crippen molar-refractivity contribution < 1.29 is 21.6 Å². The SMILES string of the molecule is CCSCCCN(CC(N)=S)S(=O)(=O)Cc1cccc(C(F)(F)F)c1. The molecule has 0 unspecified atom stereocenters. The van der Waals surface area contributed by atoms with E-state index in [4.69, 9.17) is 18.0 Å². The molecule has 1 aromatic rings. The molecule has 1 aromatic carbocycles. The first-order valence-corrected chi connectivity index (χ1v) is 10.7. The lowest BCUT2D eigenvalue weighted by Gasteiger charge is -2.22. The first-order valence-electron chi connectivity index (χ1n) is 7.56. The van der Waals surface area contributed by atoms with Crippen molar-refractivity contribution in [2.24, 2.45) is 5.73 Å². The Kier molecular flexibility index (Phi) is 8.66. The molecule has 142 valence electrons. The van der Waals surface area contributed by atoms with Crippen molar-refractivity contribution in [3.05, 3.63) is 35.4 Å². The van der Waals surface area contributed by atoms with Gasteiger partial charge in [-0.05, 0) is 29.6 Å². The Balaban J connectivity index is 2.92. The van der Waals surface area contributed by atoms with Crippen LogP contribution < -0.4 is 5.73 Å². The van der Waals surface area contributed by atoms with Crippen molar-refractivity contribution in [2.45, 2.75) is 25.3 Å². The van der Waals surface area contributed by atoms with E-state index in [1.54, 1.807) is 11.8 Å². The maximum Gasteiger partial charge on any atom is 0.416 e. The van der Waals surface area contributed by atoms with Gasteiger partial charge in [0.15, 0.2) is 0 Å². The molecule has 0 atom stereocenters. The van der Waals surface area contributed by atoms with Crippen LogP contribution in [-0.2, 0) is 22.0 Å². The zero-order valence-corrected chi connectivity index (χ0v) is 16.2. The van der Waals surface area contributed by atoms with E-state index in [1.165, 1.54) is 12.1 Å². The van der Waals surface area contributed by atoms with Gasteiger partial charge in [0, 0.05) is 6.54 Å². The number of halogens is 3. The fraction of sp³-hybridized carbons (Fsp3) is 0.533. The molecule has 0 aliphatic carbocycles. The monoisotopic (exact) mass is 414 g/mol. The molecule has 10 heteroatoms. The largest absolute Gasteiger partial charge is 0.416 e. The summed E-state index contributed by atoms with van der Waals surface area (Å²) in [5, 5.41) is 0. The normalized spacial score (nSPS) is 12.5. The molecule has 4 nitrogen and oxygen atoms in total. The van der Waals surface area contributed by atoms with Crippen LogP contribution in [0.1, 0.15) is 24.5 Å². The summed E-state index contributed by atoms with van der Waals surface area (Å²) in [5.41, 5.74) is 4.67. The molecule has 1 rings (SSSR count). The van der Waals surface area contributed by atoms with Crippen LogP contribution >= 0.6 is 24.0 Å². The summed E-state index contributed by atoms with van der Waals surface area (Å²) in [6.07, 6.45) is -3.90. The van der Waals surface area contributed by atoms with Gasteiger partial charge >= 0.3 is 6.18 Å². The Labute approximate surface area is 156 Å². The van der Waals surface area contributed by atoms with Crippen molar-refractivity contribution in [2.75, 3.05) is 24.6 Å². The highest BCUT2D eigenvalue weighted by atomic mass is 32.2. The van der Waals surface area contributed by atoms with Crippen molar-refractivity contribution in [3.8, 4) is 0 Å². The molecule has 0 amide bonds. The van der Waals surface area contributed by atoms with Crippen LogP contribution in [0.25, 0.3) is 0 Å². The van der Waals surface area contributed by atoms with E-state index in [2.05, 4.69) is 0 Å². The Morgan fingerprint density at radius 2 is 2.04 bits per heavy atom. The molecule has 25 heavy (non-hydrogen) atoms. The number of hydrogen-bond donors (Lipinski definition) is 1. The van der Waals surface area contributed by atoms with Gasteiger partial charge in [0.2, 0.25) is 10.0 Å². The van der Waals surface area contributed by atoms with Crippen LogP contribution in [0.15, 0.2) is 24.3 Å². The molecule has 0 aromatic heterocycles. The molecule has 0 radical (unpaired) electrons. The summed E-state index contributed by atoms with van der Waals surface area (Å²) in [6, 6.07) is 4.32. The van der Waals surface area contributed by atoms with Gasteiger partial charge in [0.05, 0.1) is 22.8 Å². The molecule has 0 saturated carbocycles. The average Bonchev–Trinajstić information content (AvgIpc) is 2.49. The molecule has 0 heterocycles. The number of sulfonamides is 1. The molecule has 0 aliphatic heterocycles. The first-order chi connectivity index (χ1) is 11.6. The third-order valence-corrected chi connectivity index (χ3v) is 6.14. The maximum atomic E-state index is 12.8. The molecular weight excluding hydrogens is 393 g/mol. The Morgan fingerprint density at radius 1 is 1.36 bits per heavy atom. The lowest BCUT2D eigenvalue weighted by molar-refractivity contribution is -0.137. The lowest BCUT2D eigenvalue weighted by Crippen LogP contribution is -2.39. The van der Waals surface area contributed by atoms with Crippen LogP contribution in [0, 0.1) is 0 Å². The lowest BCUT2D eigenvalue weighted by atomic mass is 10.1. The van der Waals surface area contributed by atoms with Gasteiger partial charge in [-0.2, -0.15) is 29.2 Å². The molecule has 0 aliphatic rings. The predicted octanol–water partition coefficient (Wildman–Crippen LogP) is 3.27. The number of rotatable bonds is 10. The third-order valence-electron chi connectivity index (χ3n) is 3.23. The Hall–Kier alpha value is -0.840. The fourth-order valence-electron chi connectivity index (χ4n) is 2.12. The second-order valence-corrected chi connectivity index (χ2v) is 9.19. The van der Waals surface area contributed by atoms with Crippen molar-refractivity contribution >= 4 is 39.0 Å². The summed E-state index contributed by atoms with van der Waals surface area (Å²) < 4.78 is 64.6. The van der Waals surface area contributed by atoms with E-state index in [9.17, 15) is 21.6 Å². The summed E-state index contributed by atoms with van der Waals surface area (Å²) in [5.74, 6) is 1.18. The minimum atomic E-state index is -4.52. The van der Waals surface area contributed by atoms with Crippen LogP contribution in [0.2, 0.25) is 0 Å².